The van der Waals surface area contributed by atoms with Crippen molar-refractivity contribution < 1.29 is 20.1 Å². The summed E-state index contributed by atoms with van der Waals surface area (Å²) in [6.07, 6.45) is -2.12. The Morgan fingerprint density at radius 2 is 2.06 bits per heavy atom. The lowest BCUT2D eigenvalue weighted by Gasteiger charge is -2.18. The molecule has 0 spiro atoms. The van der Waals surface area contributed by atoms with Crippen molar-refractivity contribution in [3.05, 3.63) is 33.8 Å². The molecule has 17 heavy (non-hydrogen) atoms. The molecule has 94 valence electrons. The largest absolute Gasteiger partial charge is 0.478 e. The third-order valence-electron chi connectivity index (χ3n) is 2.29. The SMILES string of the molecule is CNCC(O)C(O)c1cc(Br)cc(C(=O)O)c1. The Hall–Kier alpha value is -0.950. The molecule has 0 aliphatic rings. The summed E-state index contributed by atoms with van der Waals surface area (Å²) in [6.45, 7) is 0.218. The van der Waals surface area contributed by atoms with Crippen molar-refractivity contribution in [2.24, 2.45) is 0 Å². The zero-order valence-corrected chi connectivity index (χ0v) is 10.8. The summed E-state index contributed by atoms with van der Waals surface area (Å²) >= 11 is 3.17. The lowest BCUT2D eigenvalue weighted by Crippen LogP contribution is -2.29. The van der Waals surface area contributed by atoms with Crippen molar-refractivity contribution in [3.63, 3.8) is 0 Å². The number of hydrogen-bond donors (Lipinski definition) is 4. The van der Waals surface area contributed by atoms with Crippen LogP contribution in [0.1, 0.15) is 22.0 Å². The van der Waals surface area contributed by atoms with E-state index in [1.54, 1.807) is 13.1 Å². The van der Waals surface area contributed by atoms with Gasteiger partial charge in [-0.3, -0.25) is 0 Å². The Bertz CT molecular complexity index is 410. The number of likely N-dealkylation sites (N-methyl/N-ethyl adjacent to an activating group) is 1. The van der Waals surface area contributed by atoms with Crippen LogP contribution >= 0.6 is 15.9 Å². The smallest absolute Gasteiger partial charge is 0.335 e. The van der Waals surface area contributed by atoms with Gasteiger partial charge >= 0.3 is 5.97 Å². The Kier molecular flexibility index (Phi) is 5.07. The highest BCUT2D eigenvalue weighted by atomic mass is 79.9. The molecule has 0 aliphatic carbocycles. The summed E-state index contributed by atoms with van der Waals surface area (Å²) in [5.74, 6) is -1.08. The molecular weight excluding hydrogens is 290 g/mol. The molecule has 6 heteroatoms. The molecule has 0 heterocycles. The molecule has 1 aromatic carbocycles. The third-order valence-corrected chi connectivity index (χ3v) is 2.74. The van der Waals surface area contributed by atoms with E-state index < -0.39 is 18.2 Å². The molecule has 1 aromatic rings. The van der Waals surface area contributed by atoms with E-state index >= 15 is 0 Å². The Labute approximate surface area is 107 Å². The molecule has 0 radical (unpaired) electrons. The highest BCUT2D eigenvalue weighted by Gasteiger charge is 2.19. The number of nitrogens with one attached hydrogen (secondary N) is 1. The Morgan fingerprint density at radius 1 is 1.41 bits per heavy atom. The molecule has 0 amide bonds. The molecule has 0 bridgehead atoms. The summed E-state index contributed by atoms with van der Waals surface area (Å²) in [6, 6.07) is 4.36. The number of benzene rings is 1. The zero-order chi connectivity index (χ0) is 13.0. The van der Waals surface area contributed by atoms with E-state index in [0.717, 1.165) is 0 Å². The number of carboxylic acids is 1. The second-order valence-corrected chi connectivity index (χ2v) is 4.56. The first-order chi connectivity index (χ1) is 7.95. The number of aromatic carboxylic acids is 1. The van der Waals surface area contributed by atoms with Gasteiger partial charge < -0.3 is 20.6 Å². The van der Waals surface area contributed by atoms with Gasteiger partial charge in [0.05, 0.1) is 11.7 Å². The van der Waals surface area contributed by atoms with Crippen LogP contribution in [0.2, 0.25) is 0 Å². The van der Waals surface area contributed by atoms with Gasteiger partial charge in [0, 0.05) is 11.0 Å². The fraction of sp³-hybridized carbons (Fsp3) is 0.364. The van der Waals surface area contributed by atoms with Crippen molar-refractivity contribution in [2.45, 2.75) is 12.2 Å². The van der Waals surface area contributed by atoms with Crippen LogP contribution in [-0.4, -0.2) is 41.0 Å². The molecule has 0 aromatic heterocycles. The Balaban J connectivity index is 3.01. The van der Waals surface area contributed by atoms with Crippen molar-refractivity contribution in [1.82, 2.24) is 5.32 Å². The molecule has 5 nitrogen and oxygen atoms in total. The number of rotatable bonds is 5. The fourth-order valence-electron chi connectivity index (χ4n) is 1.45. The van der Waals surface area contributed by atoms with Crippen LogP contribution in [-0.2, 0) is 0 Å². The van der Waals surface area contributed by atoms with E-state index in [2.05, 4.69) is 21.2 Å². The number of halogens is 1. The minimum absolute atomic E-state index is 0.0603. The molecule has 4 N–H and O–H groups in total. The lowest BCUT2D eigenvalue weighted by atomic mass is 10.0. The lowest BCUT2D eigenvalue weighted by molar-refractivity contribution is 0.0201. The number of hydrogen-bond acceptors (Lipinski definition) is 4. The summed E-state index contributed by atoms with van der Waals surface area (Å²) in [5, 5.41) is 31.1. The average molecular weight is 304 g/mol. The highest BCUT2D eigenvalue weighted by Crippen LogP contribution is 2.23. The first-order valence-corrected chi connectivity index (χ1v) is 5.79. The van der Waals surface area contributed by atoms with Gasteiger partial charge in [-0.1, -0.05) is 15.9 Å². The van der Waals surface area contributed by atoms with E-state index in [4.69, 9.17) is 5.11 Å². The van der Waals surface area contributed by atoms with Crippen molar-refractivity contribution in [2.75, 3.05) is 13.6 Å². The number of carbonyl (C=O) groups is 1. The number of aliphatic hydroxyl groups excluding tert-OH is 2. The van der Waals surface area contributed by atoms with Gasteiger partial charge in [-0.2, -0.15) is 0 Å². The summed E-state index contributed by atoms with van der Waals surface area (Å²) < 4.78 is 0.545. The van der Waals surface area contributed by atoms with Gasteiger partial charge in [-0.15, -0.1) is 0 Å². The number of aliphatic hydroxyl groups is 2. The highest BCUT2D eigenvalue weighted by molar-refractivity contribution is 9.10. The molecule has 1 rings (SSSR count). The average Bonchev–Trinajstić information content (AvgIpc) is 2.27. The van der Waals surface area contributed by atoms with Crippen molar-refractivity contribution in [3.8, 4) is 0 Å². The van der Waals surface area contributed by atoms with Crippen LogP contribution in [0.15, 0.2) is 22.7 Å². The summed E-state index contributed by atoms with van der Waals surface area (Å²) in [7, 11) is 1.65. The predicted octanol–water partition coefficient (Wildman–Crippen LogP) is 0.761. The zero-order valence-electron chi connectivity index (χ0n) is 9.22. The van der Waals surface area contributed by atoms with Crippen molar-refractivity contribution in [1.29, 1.82) is 0 Å². The maximum Gasteiger partial charge on any atom is 0.335 e. The van der Waals surface area contributed by atoms with Crippen LogP contribution in [0.25, 0.3) is 0 Å². The Morgan fingerprint density at radius 3 is 2.59 bits per heavy atom. The quantitative estimate of drug-likeness (QED) is 0.645. The minimum Gasteiger partial charge on any atom is -0.478 e. The fourth-order valence-corrected chi connectivity index (χ4v) is 1.96. The normalized spacial score (nSPS) is 14.4. The maximum absolute atomic E-state index is 10.8. The topological polar surface area (TPSA) is 89.8 Å². The monoisotopic (exact) mass is 303 g/mol. The van der Waals surface area contributed by atoms with Crippen LogP contribution in [0.3, 0.4) is 0 Å². The molecule has 2 atom stereocenters. The van der Waals surface area contributed by atoms with Gasteiger partial charge in [0.15, 0.2) is 0 Å². The first-order valence-electron chi connectivity index (χ1n) is 5.00. The molecule has 2 unspecified atom stereocenters. The van der Waals surface area contributed by atoms with E-state index in [9.17, 15) is 15.0 Å². The predicted molar refractivity (Wildman–Crippen MR) is 66.0 cm³/mol. The summed E-state index contributed by atoms with van der Waals surface area (Å²) in [4.78, 5) is 10.8. The van der Waals surface area contributed by atoms with Crippen LogP contribution < -0.4 is 5.32 Å². The molecule has 0 saturated carbocycles. The second-order valence-electron chi connectivity index (χ2n) is 3.65. The minimum atomic E-state index is -1.13. The van der Waals surface area contributed by atoms with Gasteiger partial charge in [0.1, 0.15) is 6.10 Å². The van der Waals surface area contributed by atoms with E-state index in [1.165, 1.54) is 12.1 Å². The summed E-state index contributed by atoms with van der Waals surface area (Å²) in [5.41, 5.74) is 0.421. The standard InChI is InChI=1S/C11H14BrNO4/c1-13-5-9(14)10(15)6-2-7(11(16)17)4-8(12)3-6/h2-4,9-10,13-15H,5H2,1H3,(H,16,17). The van der Waals surface area contributed by atoms with E-state index in [0.29, 0.717) is 10.0 Å². The molecule has 0 fully saturated rings. The van der Waals surface area contributed by atoms with Gasteiger partial charge in [-0.05, 0) is 30.8 Å². The van der Waals surface area contributed by atoms with Crippen LogP contribution in [0.4, 0.5) is 0 Å². The van der Waals surface area contributed by atoms with Crippen molar-refractivity contribution >= 4 is 21.9 Å². The maximum atomic E-state index is 10.8. The van der Waals surface area contributed by atoms with Gasteiger partial charge in [-0.25, -0.2) is 4.79 Å². The second kappa shape index (κ2) is 6.11. The molecular formula is C11H14BrNO4. The van der Waals surface area contributed by atoms with Crippen LogP contribution in [0, 0.1) is 0 Å². The van der Waals surface area contributed by atoms with Crippen LogP contribution in [0.5, 0.6) is 0 Å². The van der Waals surface area contributed by atoms with Gasteiger partial charge in [0.2, 0.25) is 0 Å². The molecule has 0 saturated heterocycles. The first kappa shape index (κ1) is 14.1. The molecule has 0 aliphatic heterocycles. The van der Waals surface area contributed by atoms with Gasteiger partial charge in [0.25, 0.3) is 0 Å². The third kappa shape index (κ3) is 3.78. The van der Waals surface area contributed by atoms with E-state index in [-0.39, 0.29) is 12.1 Å². The number of carboxylic acid groups (broad SMARTS) is 1. The van der Waals surface area contributed by atoms with E-state index in [1.807, 2.05) is 0 Å².